The van der Waals surface area contributed by atoms with Gasteiger partial charge >= 0.3 is 5.97 Å². The Labute approximate surface area is 182 Å². The van der Waals surface area contributed by atoms with Gasteiger partial charge in [0.15, 0.2) is 0 Å². The van der Waals surface area contributed by atoms with Gasteiger partial charge in [-0.15, -0.1) is 11.3 Å². The van der Waals surface area contributed by atoms with Gasteiger partial charge in [0.05, 0.1) is 6.61 Å². The zero-order chi connectivity index (χ0) is 20.8. The van der Waals surface area contributed by atoms with Crippen LogP contribution in [-0.2, 0) is 16.0 Å². The highest BCUT2D eigenvalue weighted by Gasteiger charge is 2.02. The van der Waals surface area contributed by atoms with Crippen LogP contribution in [0.4, 0.5) is 0 Å². The van der Waals surface area contributed by atoms with E-state index in [0.29, 0.717) is 13.0 Å². The number of ether oxygens (including phenoxy) is 1. The Balaban J connectivity index is 1.90. The predicted octanol–water partition coefficient (Wildman–Crippen LogP) is 7.98. The highest BCUT2D eigenvalue weighted by Crippen LogP contribution is 2.09. The zero-order valence-electron chi connectivity index (χ0n) is 18.1. The minimum Gasteiger partial charge on any atom is -0.465 e. The Hall–Kier alpha value is -1.87. The molecule has 1 heterocycles. The molecule has 0 amide bonds. The second-order valence-electron chi connectivity index (χ2n) is 7.03. The van der Waals surface area contributed by atoms with Crippen molar-refractivity contribution in [3.8, 4) is 0 Å². The lowest BCUT2D eigenvalue weighted by Gasteiger charge is -2.02. The molecule has 160 valence electrons. The van der Waals surface area contributed by atoms with Gasteiger partial charge in [0.1, 0.15) is 0 Å². The fourth-order valence-corrected chi connectivity index (χ4v) is 3.41. The first-order valence-corrected chi connectivity index (χ1v) is 12.0. The van der Waals surface area contributed by atoms with Crippen molar-refractivity contribution in [2.75, 3.05) is 6.61 Å². The van der Waals surface area contributed by atoms with E-state index >= 15 is 0 Å². The van der Waals surface area contributed by atoms with E-state index in [-0.39, 0.29) is 5.97 Å². The van der Waals surface area contributed by atoms with Gasteiger partial charge in [-0.2, -0.15) is 0 Å². The Bertz CT molecular complexity index is 609. The molecule has 0 bridgehead atoms. The molecule has 0 spiro atoms. The SMILES string of the molecule is CCCCCC=CCC=CCC=CCC=CCCCC(=O)OCCc1cccs1. The molecule has 0 unspecified atom stereocenters. The number of thiophene rings is 1. The summed E-state index contributed by atoms with van der Waals surface area (Å²) in [5, 5.41) is 2.05. The summed E-state index contributed by atoms with van der Waals surface area (Å²) in [6.45, 7) is 2.73. The van der Waals surface area contributed by atoms with Gasteiger partial charge in [0, 0.05) is 17.7 Å². The first-order valence-electron chi connectivity index (χ1n) is 11.1. The lowest BCUT2D eigenvalue weighted by atomic mass is 10.2. The van der Waals surface area contributed by atoms with E-state index in [1.165, 1.54) is 30.6 Å². The van der Waals surface area contributed by atoms with Crippen LogP contribution in [0.3, 0.4) is 0 Å². The highest BCUT2D eigenvalue weighted by molar-refractivity contribution is 7.09. The van der Waals surface area contributed by atoms with E-state index in [0.717, 1.165) is 38.5 Å². The van der Waals surface area contributed by atoms with Crippen LogP contribution >= 0.6 is 11.3 Å². The minimum atomic E-state index is -0.0857. The number of rotatable bonds is 17. The molecule has 0 aliphatic carbocycles. The molecule has 2 nitrogen and oxygen atoms in total. The Kier molecular flexibility index (Phi) is 16.9. The summed E-state index contributed by atoms with van der Waals surface area (Å²) >= 11 is 1.70. The third kappa shape index (κ3) is 16.8. The van der Waals surface area contributed by atoms with Crippen molar-refractivity contribution < 1.29 is 9.53 Å². The maximum absolute atomic E-state index is 11.7. The van der Waals surface area contributed by atoms with Crippen molar-refractivity contribution in [1.82, 2.24) is 0 Å². The monoisotopic (exact) mass is 414 g/mol. The average Bonchev–Trinajstić information content (AvgIpc) is 3.24. The summed E-state index contributed by atoms with van der Waals surface area (Å²) in [6.07, 6.45) is 29.0. The van der Waals surface area contributed by atoms with Gasteiger partial charge in [-0.05, 0) is 56.4 Å². The summed E-state index contributed by atoms with van der Waals surface area (Å²) in [6, 6.07) is 4.09. The van der Waals surface area contributed by atoms with Crippen LogP contribution in [0.25, 0.3) is 0 Å². The number of carbonyl (C=O) groups is 1. The maximum atomic E-state index is 11.7. The topological polar surface area (TPSA) is 26.3 Å². The van der Waals surface area contributed by atoms with Crippen LogP contribution in [0.15, 0.2) is 66.1 Å². The van der Waals surface area contributed by atoms with Gasteiger partial charge in [0.25, 0.3) is 0 Å². The molecule has 0 aliphatic heterocycles. The molecule has 0 saturated carbocycles. The fraction of sp³-hybridized carbons (Fsp3) is 0.500. The van der Waals surface area contributed by atoms with Gasteiger partial charge < -0.3 is 4.74 Å². The third-order valence-electron chi connectivity index (χ3n) is 4.40. The first kappa shape index (κ1) is 25.2. The molecular weight excluding hydrogens is 376 g/mol. The van der Waals surface area contributed by atoms with E-state index < -0.39 is 0 Å². The van der Waals surface area contributed by atoms with E-state index in [1.807, 2.05) is 11.4 Å². The van der Waals surface area contributed by atoms with E-state index in [4.69, 9.17) is 4.74 Å². The summed E-state index contributed by atoms with van der Waals surface area (Å²) in [4.78, 5) is 12.9. The van der Waals surface area contributed by atoms with Gasteiger partial charge in [0.2, 0.25) is 0 Å². The van der Waals surface area contributed by atoms with Crippen LogP contribution in [0.1, 0.15) is 76.0 Å². The van der Waals surface area contributed by atoms with Gasteiger partial charge in [-0.3, -0.25) is 4.79 Å². The van der Waals surface area contributed by atoms with Crippen molar-refractivity contribution in [3.63, 3.8) is 0 Å². The highest BCUT2D eigenvalue weighted by atomic mass is 32.1. The molecule has 3 heteroatoms. The van der Waals surface area contributed by atoms with Crippen LogP contribution < -0.4 is 0 Å². The molecule has 0 N–H and O–H groups in total. The van der Waals surface area contributed by atoms with Crippen molar-refractivity contribution in [3.05, 3.63) is 71.0 Å². The molecule has 0 saturated heterocycles. The second kappa shape index (κ2) is 19.4. The molecule has 0 atom stereocenters. The summed E-state index contributed by atoms with van der Waals surface area (Å²) in [5.74, 6) is -0.0857. The summed E-state index contributed by atoms with van der Waals surface area (Å²) in [7, 11) is 0. The van der Waals surface area contributed by atoms with Gasteiger partial charge in [-0.25, -0.2) is 0 Å². The predicted molar refractivity (Wildman–Crippen MR) is 127 cm³/mol. The standard InChI is InChI=1S/C26H38O2S/c1-2-3-4-5-6-7-8-9-10-11-12-13-14-15-16-17-18-21-26(27)28-23-22-25-20-19-24-29-25/h6-7,9-10,12-13,15-16,19-20,24H,2-5,8,11,14,17-18,21-23H2,1H3. The number of unbranched alkanes of at least 4 members (excludes halogenated alkanes) is 4. The summed E-state index contributed by atoms with van der Waals surface area (Å²) < 4.78 is 5.27. The number of hydrogen-bond donors (Lipinski definition) is 0. The average molecular weight is 415 g/mol. The minimum absolute atomic E-state index is 0.0857. The molecule has 1 aromatic rings. The normalized spacial score (nSPS) is 12.2. The van der Waals surface area contributed by atoms with E-state index in [9.17, 15) is 4.79 Å². The van der Waals surface area contributed by atoms with Crippen molar-refractivity contribution in [1.29, 1.82) is 0 Å². The molecule has 1 rings (SSSR count). The second-order valence-corrected chi connectivity index (χ2v) is 8.06. The van der Waals surface area contributed by atoms with Crippen LogP contribution in [-0.4, -0.2) is 12.6 Å². The van der Waals surface area contributed by atoms with Crippen LogP contribution in [0.5, 0.6) is 0 Å². The fourth-order valence-electron chi connectivity index (χ4n) is 2.72. The molecule has 0 fully saturated rings. The lowest BCUT2D eigenvalue weighted by molar-refractivity contribution is -0.143. The lowest BCUT2D eigenvalue weighted by Crippen LogP contribution is -2.06. The third-order valence-corrected chi connectivity index (χ3v) is 5.34. The van der Waals surface area contributed by atoms with Gasteiger partial charge in [-0.1, -0.05) is 74.4 Å². The number of esters is 1. The quantitative estimate of drug-likeness (QED) is 0.147. The summed E-state index contributed by atoms with van der Waals surface area (Å²) in [5.41, 5.74) is 0. The smallest absolute Gasteiger partial charge is 0.305 e. The molecule has 0 radical (unpaired) electrons. The molecule has 1 aromatic heterocycles. The number of carbonyl (C=O) groups excluding carboxylic acids is 1. The van der Waals surface area contributed by atoms with Crippen LogP contribution in [0, 0.1) is 0 Å². The van der Waals surface area contributed by atoms with Crippen LogP contribution in [0.2, 0.25) is 0 Å². The Morgan fingerprint density at radius 1 is 0.897 bits per heavy atom. The van der Waals surface area contributed by atoms with Crippen molar-refractivity contribution in [2.24, 2.45) is 0 Å². The maximum Gasteiger partial charge on any atom is 0.305 e. The number of hydrogen-bond acceptors (Lipinski definition) is 3. The Morgan fingerprint density at radius 3 is 2.10 bits per heavy atom. The van der Waals surface area contributed by atoms with Crippen molar-refractivity contribution >= 4 is 17.3 Å². The molecule has 0 aromatic carbocycles. The number of allylic oxidation sites excluding steroid dienone is 8. The molecule has 29 heavy (non-hydrogen) atoms. The van der Waals surface area contributed by atoms with E-state index in [2.05, 4.69) is 61.6 Å². The van der Waals surface area contributed by atoms with E-state index in [1.54, 1.807) is 11.3 Å². The molecule has 0 aliphatic rings. The first-order chi connectivity index (χ1) is 14.3. The largest absolute Gasteiger partial charge is 0.465 e. The molecular formula is C26H38O2S. The zero-order valence-corrected chi connectivity index (χ0v) is 18.9. The Morgan fingerprint density at radius 2 is 1.52 bits per heavy atom. The van der Waals surface area contributed by atoms with Crippen molar-refractivity contribution in [2.45, 2.75) is 77.6 Å².